The summed E-state index contributed by atoms with van der Waals surface area (Å²) >= 11 is 5.57. The number of rotatable bonds is 5. The summed E-state index contributed by atoms with van der Waals surface area (Å²) in [6.07, 6.45) is -0.320. The van der Waals surface area contributed by atoms with E-state index in [0.717, 1.165) is 6.07 Å². The maximum Gasteiger partial charge on any atom is 0.305 e. The molecule has 2 N–H and O–H groups in total. The highest BCUT2D eigenvalue weighted by atomic mass is 35.5. The summed E-state index contributed by atoms with van der Waals surface area (Å²) in [7, 11) is 0. The molecule has 0 aliphatic heterocycles. The van der Waals surface area contributed by atoms with E-state index < -0.39 is 17.8 Å². The maximum atomic E-state index is 13.4. The second-order valence-corrected chi connectivity index (χ2v) is 4.89. The van der Waals surface area contributed by atoms with E-state index in [-0.39, 0.29) is 23.3 Å². The van der Waals surface area contributed by atoms with Crippen molar-refractivity contribution >= 4 is 23.5 Å². The number of carbonyl (C=O) groups excluding carboxylic acids is 1. The summed E-state index contributed by atoms with van der Waals surface area (Å²) in [4.78, 5) is 22.5. The number of nitrogens with one attached hydrogen (secondary N) is 1. The van der Waals surface area contributed by atoms with Gasteiger partial charge in [-0.05, 0) is 17.7 Å². The Labute approximate surface area is 115 Å². The highest BCUT2D eigenvalue weighted by Crippen LogP contribution is 2.22. The molecule has 0 aliphatic carbocycles. The van der Waals surface area contributed by atoms with Gasteiger partial charge in [0.05, 0.1) is 17.5 Å². The van der Waals surface area contributed by atoms with E-state index in [0.29, 0.717) is 5.56 Å². The SMILES string of the molecule is CC(C)C(=O)NC(CC(=O)O)c1ccc(Cl)c(F)c1. The molecule has 0 aromatic heterocycles. The topological polar surface area (TPSA) is 66.4 Å². The van der Waals surface area contributed by atoms with Crippen molar-refractivity contribution in [3.63, 3.8) is 0 Å². The molecule has 0 saturated heterocycles. The number of hydrogen-bond donors (Lipinski definition) is 2. The molecule has 4 nitrogen and oxygen atoms in total. The fourth-order valence-corrected chi connectivity index (χ4v) is 1.61. The molecule has 0 spiro atoms. The third-order valence-electron chi connectivity index (χ3n) is 2.57. The van der Waals surface area contributed by atoms with Crippen LogP contribution in [0.2, 0.25) is 5.02 Å². The van der Waals surface area contributed by atoms with Crippen molar-refractivity contribution < 1.29 is 19.1 Å². The molecule has 104 valence electrons. The monoisotopic (exact) mass is 287 g/mol. The second-order valence-electron chi connectivity index (χ2n) is 4.49. The van der Waals surface area contributed by atoms with Gasteiger partial charge in [-0.2, -0.15) is 0 Å². The van der Waals surface area contributed by atoms with Crippen LogP contribution in [0, 0.1) is 11.7 Å². The third-order valence-corrected chi connectivity index (χ3v) is 2.87. The summed E-state index contributed by atoms with van der Waals surface area (Å²) in [5.41, 5.74) is 0.373. The van der Waals surface area contributed by atoms with E-state index >= 15 is 0 Å². The van der Waals surface area contributed by atoms with Crippen molar-refractivity contribution in [2.24, 2.45) is 5.92 Å². The molecule has 6 heteroatoms. The van der Waals surface area contributed by atoms with Gasteiger partial charge in [-0.15, -0.1) is 0 Å². The summed E-state index contributed by atoms with van der Waals surface area (Å²) in [5.74, 6) is -2.30. The Morgan fingerprint density at radius 1 is 1.42 bits per heavy atom. The summed E-state index contributed by atoms with van der Waals surface area (Å²) in [6.45, 7) is 3.38. The lowest BCUT2D eigenvalue weighted by Crippen LogP contribution is -2.33. The molecule has 1 aromatic carbocycles. The number of carboxylic acid groups (broad SMARTS) is 1. The Hall–Kier alpha value is -1.62. The first-order chi connectivity index (χ1) is 8.81. The van der Waals surface area contributed by atoms with Crippen molar-refractivity contribution in [2.75, 3.05) is 0 Å². The van der Waals surface area contributed by atoms with Gasteiger partial charge < -0.3 is 10.4 Å². The number of carboxylic acids is 1. The highest BCUT2D eigenvalue weighted by Gasteiger charge is 2.20. The molecule has 0 fully saturated rings. The average Bonchev–Trinajstić information content (AvgIpc) is 2.31. The lowest BCUT2D eigenvalue weighted by atomic mass is 10.0. The van der Waals surface area contributed by atoms with Crippen molar-refractivity contribution in [2.45, 2.75) is 26.3 Å². The van der Waals surface area contributed by atoms with Crippen molar-refractivity contribution in [1.29, 1.82) is 0 Å². The van der Waals surface area contributed by atoms with Crippen molar-refractivity contribution in [1.82, 2.24) is 5.32 Å². The van der Waals surface area contributed by atoms with Crippen LogP contribution in [0.25, 0.3) is 0 Å². The van der Waals surface area contributed by atoms with Crippen LogP contribution in [0.4, 0.5) is 4.39 Å². The standard InChI is InChI=1S/C13H15ClFNO3/c1-7(2)13(19)16-11(6-12(17)18)8-3-4-9(14)10(15)5-8/h3-5,7,11H,6H2,1-2H3,(H,16,19)(H,17,18). The molecule has 19 heavy (non-hydrogen) atoms. The number of hydrogen-bond acceptors (Lipinski definition) is 2. The van der Waals surface area contributed by atoms with Gasteiger partial charge in [0.15, 0.2) is 0 Å². The summed E-state index contributed by atoms with van der Waals surface area (Å²) in [5, 5.41) is 11.4. The van der Waals surface area contributed by atoms with Gasteiger partial charge in [0, 0.05) is 5.92 Å². The predicted molar refractivity (Wildman–Crippen MR) is 69.4 cm³/mol. The Balaban J connectivity index is 2.98. The molecule has 0 heterocycles. The van der Waals surface area contributed by atoms with Crippen LogP contribution >= 0.6 is 11.6 Å². The molecule has 0 radical (unpaired) electrons. The smallest absolute Gasteiger partial charge is 0.305 e. The van der Waals surface area contributed by atoms with Crippen LogP contribution in [-0.4, -0.2) is 17.0 Å². The molecule has 0 aliphatic rings. The molecular formula is C13H15ClFNO3. The van der Waals surface area contributed by atoms with Crippen molar-refractivity contribution in [3.05, 3.63) is 34.6 Å². The Bertz CT molecular complexity index is 491. The fraction of sp³-hybridized carbons (Fsp3) is 0.385. The van der Waals surface area contributed by atoms with Crippen LogP contribution in [0.15, 0.2) is 18.2 Å². The number of amides is 1. The van der Waals surface area contributed by atoms with Gasteiger partial charge in [0.25, 0.3) is 0 Å². The van der Waals surface area contributed by atoms with Crippen LogP contribution < -0.4 is 5.32 Å². The Morgan fingerprint density at radius 3 is 2.53 bits per heavy atom. The van der Waals surface area contributed by atoms with E-state index in [1.54, 1.807) is 13.8 Å². The molecule has 1 unspecified atom stereocenters. The number of halogens is 2. The number of carbonyl (C=O) groups is 2. The molecule has 0 bridgehead atoms. The minimum Gasteiger partial charge on any atom is -0.481 e. The van der Waals surface area contributed by atoms with Gasteiger partial charge in [-0.3, -0.25) is 9.59 Å². The minimum absolute atomic E-state index is 0.0481. The highest BCUT2D eigenvalue weighted by molar-refractivity contribution is 6.30. The first-order valence-corrected chi connectivity index (χ1v) is 6.16. The zero-order valence-corrected chi connectivity index (χ0v) is 11.4. The molecule has 1 rings (SSSR count). The maximum absolute atomic E-state index is 13.4. The first kappa shape index (κ1) is 15.4. The quantitative estimate of drug-likeness (QED) is 0.875. The van der Waals surface area contributed by atoms with Crippen LogP contribution in [0.5, 0.6) is 0 Å². The zero-order valence-electron chi connectivity index (χ0n) is 10.6. The van der Waals surface area contributed by atoms with E-state index in [1.807, 2.05) is 0 Å². The van der Waals surface area contributed by atoms with Gasteiger partial charge in [-0.1, -0.05) is 31.5 Å². The Kier molecular flexibility index (Phi) is 5.30. The zero-order chi connectivity index (χ0) is 14.6. The van der Waals surface area contributed by atoms with E-state index in [2.05, 4.69) is 5.32 Å². The fourth-order valence-electron chi connectivity index (χ4n) is 1.49. The predicted octanol–water partition coefficient (Wildman–Crippen LogP) is 2.77. The van der Waals surface area contributed by atoms with E-state index in [4.69, 9.17) is 16.7 Å². The summed E-state index contributed by atoms with van der Waals surface area (Å²) in [6, 6.07) is 3.19. The lowest BCUT2D eigenvalue weighted by Gasteiger charge is -2.19. The van der Waals surface area contributed by atoms with Gasteiger partial charge in [0.2, 0.25) is 5.91 Å². The first-order valence-electron chi connectivity index (χ1n) is 5.78. The summed E-state index contributed by atoms with van der Waals surface area (Å²) < 4.78 is 13.4. The van der Waals surface area contributed by atoms with Crippen LogP contribution in [-0.2, 0) is 9.59 Å². The molecule has 0 saturated carbocycles. The Morgan fingerprint density at radius 2 is 2.05 bits per heavy atom. The van der Waals surface area contributed by atoms with Crippen LogP contribution in [0.1, 0.15) is 31.9 Å². The second kappa shape index (κ2) is 6.52. The van der Waals surface area contributed by atoms with Gasteiger partial charge >= 0.3 is 5.97 Å². The molecule has 1 amide bonds. The van der Waals surface area contributed by atoms with Gasteiger partial charge in [-0.25, -0.2) is 4.39 Å². The van der Waals surface area contributed by atoms with E-state index in [1.165, 1.54) is 12.1 Å². The molecular weight excluding hydrogens is 273 g/mol. The van der Waals surface area contributed by atoms with Crippen molar-refractivity contribution in [3.8, 4) is 0 Å². The van der Waals surface area contributed by atoms with E-state index in [9.17, 15) is 14.0 Å². The lowest BCUT2D eigenvalue weighted by molar-refractivity contribution is -0.137. The van der Waals surface area contributed by atoms with Crippen LogP contribution in [0.3, 0.4) is 0 Å². The van der Waals surface area contributed by atoms with Gasteiger partial charge in [0.1, 0.15) is 5.82 Å². The minimum atomic E-state index is -1.08. The molecule has 1 atom stereocenters. The average molecular weight is 288 g/mol. The number of benzene rings is 1. The largest absolute Gasteiger partial charge is 0.481 e. The number of aliphatic carboxylic acids is 1. The molecule has 1 aromatic rings. The normalized spacial score (nSPS) is 12.3. The third kappa shape index (κ3) is 4.52.